The van der Waals surface area contributed by atoms with Crippen molar-refractivity contribution >= 4 is 15.9 Å². The van der Waals surface area contributed by atoms with Gasteiger partial charge in [-0.2, -0.15) is 0 Å². The Morgan fingerprint density at radius 2 is 1.85 bits per heavy atom. The number of rotatable bonds is 5. The third-order valence-corrected chi connectivity index (χ3v) is 4.57. The molecule has 0 heterocycles. The molecule has 0 aromatic heterocycles. The molecular weight excluding hydrogens is 314 g/mol. The molecule has 0 spiro atoms. The fourth-order valence-corrected chi connectivity index (χ4v) is 2.71. The molecule has 1 unspecified atom stereocenters. The Balaban J connectivity index is 2.20. The first kappa shape index (κ1) is 15.2. The molecule has 0 aliphatic carbocycles. The summed E-state index contributed by atoms with van der Waals surface area (Å²) < 4.78 is 6.18. The Morgan fingerprint density at radius 3 is 2.50 bits per heavy atom. The number of halogens is 1. The number of nitrogens with two attached hydrogens (primary N) is 1. The molecule has 20 heavy (non-hydrogen) atoms. The normalized spacial score (nSPS) is 12.4. The Labute approximate surface area is 129 Å². The van der Waals surface area contributed by atoms with E-state index in [1.807, 2.05) is 6.07 Å². The molecule has 0 bridgehead atoms. The fraction of sp³-hybridized carbons (Fsp3) is 0.294. The van der Waals surface area contributed by atoms with E-state index in [1.54, 1.807) is 7.11 Å². The Morgan fingerprint density at radius 1 is 1.15 bits per heavy atom. The highest BCUT2D eigenvalue weighted by Crippen LogP contribution is 2.29. The molecule has 0 aliphatic heterocycles. The van der Waals surface area contributed by atoms with E-state index >= 15 is 0 Å². The van der Waals surface area contributed by atoms with Crippen molar-refractivity contribution in [1.29, 1.82) is 0 Å². The largest absolute Gasteiger partial charge is 0.384 e. The number of benzene rings is 2. The van der Waals surface area contributed by atoms with Gasteiger partial charge >= 0.3 is 0 Å². The SMILES string of the molecule is COCCc1ccc(C(N)c2cccc(C)c2Br)cc1. The first-order valence-electron chi connectivity index (χ1n) is 6.72. The smallest absolute Gasteiger partial charge is 0.0562 e. The van der Waals surface area contributed by atoms with E-state index in [0.29, 0.717) is 0 Å². The maximum atomic E-state index is 6.38. The number of methoxy groups -OCH3 is 1. The summed E-state index contributed by atoms with van der Waals surface area (Å²) in [6.45, 7) is 2.82. The molecule has 2 aromatic carbocycles. The van der Waals surface area contributed by atoms with E-state index in [2.05, 4.69) is 59.3 Å². The van der Waals surface area contributed by atoms with Crippen LogP contribution in [0.15, 0.2) is 46.9 Å². The first-order valence-corrected chi connectivity index (χ1v) is 7.51. The molecule has 1 atom stereocenters. The summed E-state index contributed by atoms with van der Waals surface area (Å²) in [5, 5.41) is 0. The lowest BCUT2D eigenvalue weighted by Crippen LogP contribution is -2.13. The van der Waals surface area contributed by atoms with Crippen LogP contribution in [0.2, 0.25) is 0 Å². The molecule has 0 fully saturated rings. The van der Waals surface area contributed by atoms with Crippen LogP contribution in [0.1, 0.15) is 28.3 Å². The second-order valence-electron chi connectivity index (χ2n) is 4.94. The van der Waals surface area contributed by atoms with Crippen LogP contribution < -0.4 is 5.73 Å². The number of aryl methyl sites for hydroxylation is 1. The summed E-state index contributed by atoms with van der Waals surface area (Å²) in [4.78, 5) is 0. The van der Waals surface area contributed by atoms with Crippen LogP contribution in [-0.2, 0) is 11.2 Å². The predicted molar refractivity (Wildman–Crippen MR) is 86.9 cm³/mol. The molecular formula is C17H20BrNO. The average Bonchev–Trinajstić information content (AvgIpc) is 2.48. The summed E-state index contributed by atoms with van der Waals surface area (Å²) in [7, 11) is 1.72. The minimum absolute atomic E-state index is 0.110. The summed E-state index contributed by atoms with van der Waals surface area (Å²) in [5.74, 6) is 0. The molecule has 3 heteroatoms. The van der Waals surface area contributed by atoms with E-state index in [-0.39, 0.29) is 6.04 Å². The Hall–Kier alpha value is -1.16. The highest BCUT2D eigenvalue weighted by atomic mass is 79.9. The molecule has 0 radical (unpaired) electrons. The van der Waals surface area contributed by atoms with Crippen molar-refractivity contribution in [2.24, 2.45) is 5.73 Å². The molecule has 0 amide bonds. The van der Waals surface area contributed by atoms with Gasteiger partial charge in [0, 0.05) is 11.6 Å². The summed E-state index contributed by atoms with van der Waals surface area (Å²) >= 11 is 3.63. The van der Waals surface area contributed by atoms with E-state index in [0.717, 1.165) is 28.6 Å². The zero-order valence-corrected chi connectivity index (χ0v) is 13.5. The summed E-state index contributed by atoms with van der Waals surface area (Å²) in [6.07, 6.45) is 0.931. The highest BCUT2D eigenvalue weighted by Gasteiger charge is 2.13. The number of hydrogen-bond acceptors (Lipinski definition) is 2. The van der Waals surface area contributed by atoms with E-state index in [4.69, 9.17) is 10.5 Å². The third-order valence-electron chi connectivity index (χ3n) is 3.49. The van der Waals surface area contributed by atoms with Crippen molar-refractivity contribution in [3.63, 3.8) is 0 Å². The minimum Gasteiger partial charge on any atom is -0.384 e. The van der Waals surface area contributed by atoms with Crippen molar-refractivity contribution in [3.8, 4) is 0 Å². The lowest BCUT2D eigenvalue weighted by Gasteiger charge is -2.16. The second-order valence-corrected chi connectivity index (χ2v) is 5.73. The van der Waals surface area contributed by atoms with Gasteiger partial charge in [-0.25, -0.2) is 0 Å². The number of hydrogen-bond donors (Lipinski definition) is 1. The molecule has 2 nitrogen and oxygen atoms in total. The third kappa shape index (κ3) is 3.48. The zero-order chi connectivity index (χ0) is 14.5. The van der Waals surface area contributed by atoms with Crippen molar-refractivity contribution in [1.82, 2.24) is 0 Å². The second kappa shape index (κ2) is 7.02. The molecule has 2 N–H and O–H groups in total. The van der Waals surface area contributed by atoms with Gasteiger partial charge in [-0.3, -0.25) is 0 Å². The summed E-state index contributed by atoms with van der Waals surface area (Å²) in [5.41, 5.74) is 11.1. The summed E-state index contributed by atoms with van der Waals surface area (Å²) in [6, 6.07) is 14.5. The van der Waals surface area contributed by atoms with Crippen LogP contribution in [0.5, 0.6) is 0 Å². The Bertz CT molecular complexity index is 566. The molecule has 0 saturated heterocycles. The number of ether oxygens (including phenoxy) is 1. The van der Waals surface area contributed by atoms with E-state index < -0.39 is 0 Å². The molecule has 0 saturated carbocycles. The van der Waals surface area contributed by atoms with Crippen molar-refractivity contribution in [3.05, 3.63) is 69.2 Å². The topological polar surface area (TPSA) is 35.2 Å². The lowest BCUT2D eigenvalue weighted by atomic mass is 9.97. The average molecular weight is 334 g/mol. The van der Waals surface area contributed by atoms with E-state index in [1.165, 1.54) is 11.1 Å². The van der Waals surface area contributed by atoms with Gasteiger partial charge in [0.15, 0.2) is 0 Å². The quantitative estimate of drug-likeness (QED) is 0.897. The van der Waals surface area contributed by atoms with Gasteiger partial charge in [0.05, 0.1) is 12.6 Å². The molecule has 2 aromatic rings. The van der Waals surface area contributed by atoms with Crippen LogP contribution in [0.4, 0.5) is 0 Å². The van der Waals surface area contributed by atoms with Gasteiger partial charge in [-0.05, 0) is 35.6 Å². The molecule has 106 valence electrons. The van der Waals surface area contributed by atoms with Crippen LogP contribution in [-0.4, -0.2) is 13.7 Å². The van der Waals surface area contributed by atoms with Gasteiger partial charge in [-0.1, -0.05) is 58.4 Å². The van der Waals surface area contributed by atoms with E-state index in [9.17, 15) is 0 Å². The van der Waals surface area contributed by atoms with Crippen molar-refractivity contribution in [2.75, 3.05) is 13.7 Å². The van der Waals surface area contributed by atoms with Gasteiger partial charge in [0.25, 0.3) is 0 Å². The maximum Gasteiger partial charge on any atom is 0.0562 e. The van der Waals surface area contributed by atoms with Crippen LogP contribution >= 0.6 is 15.9 Å². The fourth-order valence-electron chi connectivity index (χ4n) is 2.20. The van der Waals surface area contributed by atoms with Crippen molar-refractivity contribution in [2.45, 2.75) is 19.4 Å². The van der Waals surface area contributed by atoms with Crippen molar-refractivity contribution < 1.29 is 4.74 Å². The zero-order valence-electron chi connectivity index (χ0n) is 11.9. The molecule has 2 rings (SSSR count). The van der Waals surface area contributed by atoms with Crippen LogP contribution in [0, 0.1) is 6.92 Å². The maximum absolute atomic E-state index is 6.38. The monoisotopic (exact) mass is 333 g/mol. The first-order chi connectivity index (χ1) is 9.63. The van der Waals surface area contributed by atoms with Gasteiger partial charge < -0.3 is 10.5 Å². The Kier molecular flexibility index (Phi) is 5.35. The molecule has 0 aliphatic rings. The minimum atomic E-state index is -0.110. The standard InChI is InChI=1S/C17H20BrNO/c1-12-4-3-5-15(16(12)18)17(19)14-8-6-13(7-9-14)10-11-20-2/h3-9,17H,10-11,19H2,1-2H3. The van der Waals surface area contributed by atoms with Gasteiger partial charge in [0.2, 0.25) is 0 Å². The highest BCUT2D eigenvalue weighted by molar-refractivity contribution is 9.10. The van der Waals surface area contributed by atoms with Crippen LogP contribution in [0.3, 0.4) is 0 Å². The predicted octanol–water partition coefficient (Wildman–Crippen LogP) is 3.99. The van der Waals surface area contributed by atoms with Gasteiger partial charge in [0.1, 0.15) is 0 Å². The lowest BCUT2D eigenvalue weighted by molar-refractivity contribution is 0.202. The van der Waals surface area contributed by atoms with Gasteiger partial charge in [-0.15, -0.1) is 0 Å². The van der Waals surface area contributed by atoms with Crippen LogP contribution in [0.25, 0.3) is 0 Å².